The van der Waals surface area contributed by atoms with E-state index >= 15 is 0 Å². The molecular formula is C16H18N4O2. The number of nitrogens with two attached hydrogens (primary N) is 1. The van der Waals surface area contributed by atoms with Gasteiger partial charge in [-0.15, -0.1) is 0 Å². The summed E-state index contributed by atoms with van der Waals surface area (Å²) in [4.78, 5) is 4.67. The molecule has 2 aliphatic rings. The average molecular weight is 298 g/mol. The van der Waals surface area contributed by atoms with Crippen LogP contribution in [0.3, 0.4) is 0 Å². The number of methoxy groups -OCH3 is 1. The molecule has 0 spiro atoms. The molecule has 6 nitrogen and oxygen atoms in total. The first-order valence-electron chi connectivity index (χ1n) is 7.34. The Morgan fingerprint density at radius 3 is 2.77 bits per heavy atom. The van der Waals surface area contributed by atoms with Gasteiger partial charge in [0.2, 0.25) is 5.96 Å². The average Bonchev–Trinajstić information content (AvgIpc) is 3.28. The first kappa shape index (κ1) is 13.2. The van der Waals surface area contributed by atoms with Crippen molar-refractivity contribution in [1.29, 1.82) is 0 Å². The lowest BCUT2D eigenvalue weighted by atomic mass is 10.0. The van der Waals surface area contributed by atoms with Crippen LogP contribution in [0.15, 0.2) is 46.0 Å². The van der Waals surface area contributed by atoms with Crippen LogP contribution in [0.4, 0.5) is 11.4 Å². The molecule has 0 bridgehead atoms. The van der Waals surface area contributed by atoms with Gasteiger partial charge in [0, 0.05) is 17.7 Å². The molecule has 114 valence electrons. The van der Waals surface area contributed by atoms with E-state index in [1.807, 2.05) is 30.3 Å². The number of nitrogens with one attached hydrogen (secondary N) is 2. The third kappa shape index (κ3) is 2.12. The number of furan rings is 1. The summed E-state index contributed by atoms with van der Waals surface area (Å²) in [5.74, 6) is 2.50. The Hall–Kier alpha value is -2.47. The van der Waals surface area contributed by atoms with E-state index in [2.05, 4.69) is 15.6 Å². The summed E-state index contributed by atoms with van der Waals surface area (Å²) in [6.07, 6.45) is 3.80. The van der Waals surface area contributed by atoms with E-state index in [4.69, 9.17) is 14.9 Å². The standard InChI is InChI=1S/C16H18N4O2/c1-21-12-6-4-11(5-7-12)18-15-19-13-8-9-22-14(13)16(17,20-15)10-2-3-10/h4-10H,2-3,17H2,1H3,(H2,18,19,20). The van der Waals surface area contributed by atoms with Gasteiger partial charge in [-0.05, 0) is 37.1 Å². The van der Waals surface area contributed by atoms with Gasteiger partial charge in [-0.3, -0.25) is 0 Å². The summed E-state index contributed by atoms with van der Waals surface area (Å²) in [7, 11) is 1.65. The Bertz CT molecular complexity index is 718. The first-order valence-corrected chi connectivity index (χ1v) is 7.34. The van der Waals surface area contributed by atoms with Crippen molar-refractivity contribution in [1.82, 2.24) is 0 Å². The third-order valence-corrected chi connectivity index (χ3v) is 4.13. The van der Waals surface area contributed by atoms with Gasteiger partial charge in [-0.2, -0.15) is 0 Å². The van der Waals surface area contributed by atoms with E-state index < -0.39 is 5.66 Å². The van der Waals surface area contributed by atoms with Crippen LogP contribution in [0.5, 0.6) is 5.75 Å². The van der Waals surface area contributed by atoms with E-state index in [1.165, 1.54) is 0 Å². The normalized spacial score (nSPS) is 23.3. The molecular weight excluding hydrogens is 280 g/mol. The van der Waals surface area contributed by atoms with Crippen LogP contribution in [-0.4, -0.2) is 13.1 Å². The lowest BCUT2D eigenvalue weighted by Crippen LogP contribution is -2.44. The molecule has 0 amide bonds. The largest absolute Gasteiger partial charge is 0.497 e. The molecule has 1 aliphatic heterocycles. The van der Waals surface area contributed by atoms with E-state index in [9.17, 15) is 0 Å². The summed E-state index contributed by atoms with van der Waals surface area (Å²) in [5, 5.41) is 6.49. The van der Waals surface area contributed by atoms with Crippen molar-refractivity contribution in [3.8, 4) is 5.75 Å². The zero-order valence-electron chi connectivity index (χ0n) is 12.3. The fourth-order valence-electron chi connectivity index (χ4n) is 2.78. The summed E-state index contributed by atoms with van der Waals surface area (Å²) in [6.45, 7) is 0. The monoisotopic (exact) mass is 298 g/mol. The highest BCUT2D eigenvalue weighted by molar-refractivity contribution is 6.05. The van der Waals surface area contributed by atoms with Crippen molar-refractivity contribution in [2.75, 3.05) is 17.7 Å². The number of anilines is 2. The van der Waals surface area contributed by atoms with Gasteiger partial charge in [0.1, 0.15) is 5.75 Å². The number of fused-ring (bicyclic) bond motifs is 1. The van der Waals surface area contributed by atoms with E-state index in [0.717, 1.165) is 35.7 Å². The number of nitrogens with zero attached hydrogens (tertiary/aromatic N) is 1. The Morgan fingerprint density at radius 2 is 2.09 bits per heavy atom. The molecule has 6 heteroatoms. The van der Waals surface area contributed by atoms with Crippen LogP contribution < -0.4 is 21.1 Å². The first-order chi connectivity index (χ1) is 10.7. The van der Waals surface area contributed by atoms with Gasteiger partial charge in [-0.25, -0.2) is 4.99 Å². The third-order valence-electron chi connectivity index (χ3n) is 4.13. The van der Waals surface area contributed by atoms with Gasteiger partial charge in [0.25, 0.3) is 0 Å². The minimum atomic E-state index is -0.779. The number of benzene rings is 1. The molecule has 2 heterocycles. The summed E-state index contributed by atoms with van der Waals surface area (Å²) >= 11 is 0. The molecule has 0 saturated heterocycles. The van der Waals surface area contributed by atoms with Crippen LogP contribution in [0.25, 0.3) is 0 Å². The molecule has 1 unspecified atom stereocenters. The van der Waals surface area contributed by atoms with Crippen molar-refractivity contribution < 1.29 is 9.15 Å². The number of ether oxygens (including phenoxy) is 1. The Morgan fingerprint density at radius 1 is 1.32 bits per heavy atom. The number of guanidine groups is 1. The number of aliphatic imine (C=N–C) groups is 1. The fraction of sp³-hybridized carbons (Fsp3) is 0.312. The van der Waals surface area contributed by atoms with Crippen molar-refractivity contribution >= 4 is 17.3 Å². The predicted molar refractivity (Wildman–Crippen MR) is 85.0 cm³/mol. The van der Waals surface area contributed by atoms with Crippen LogP contribution >= 0.6 is 0 Å². The molecule has 1 atom stereocenters. The smallest absolute Gasteiger partial charge is 0.202 e. The lowest BCUT2D eigenvalue weighted by molar-refractivity contribution is 0.315. The highest BCUT2D eigenvalue weighted by atomic mass is 16.5. The Labute approximate surface area is 128 Å². The molecule has 1 aromatic carbocycles. The number of hydrogen-bond acceptors (Lipinski definition) is 6. The highest BCUT2D eigenvalue weighted by Crippen LogP contribution is 2.48. The lowest BCUT2D eigenvalue weighted by Gasteiger charge is -2.30. The summed E-state index contributed by atoms with van der Waals surface area (Å²) < 4.78 is 10.7. The summed E-state index contributed by atoms with van der Waals surface area (Å²) in [6, 6.07) is 9.54. The van der Waals surface area contributed by atoms with Crippen molar-refractivity contribution in [2.45, 2.75) is 18.5 Å². The summed E-state index contributed by atoms with van der Waals surface area (Å²) in [5.41, 5.74) is 7.54. The fourth-order valence-corrected chi connectivity index (χ4v) is 2.78. The van der Waals surface area contributed by atoms with Gasteiger partial charge < -0.3 is 25.5 Å². The van der Waals surface area contributed by atoms with Crippen molar-refractivity contribution in [3.05, 3.63) is 42.4 Å². The molecule has 22 heavy (non-hydrogen) atoms. The quantitative estimate of drug-likeness (QED) is 0.811. The Balaban J connectivity index is 1.62. The second-order valence-electron chi connectivity index (χ2n) is 5.70. The second kappa shape index (κ2) is 4.78. The zero-order chi connectivity index (χ0) is 15.2. The molecule has 4 N–H and O–H groups in total. The molecule has 1 aromatic heterocycles. The topological polar surface area (TPSA) is 84.8 Å². The molecule has 4 rings (SSSR count). The van der Waals surface area contributed by atoms with Crippen molar-refractivity contribution in [3.63, 3.8) is 0 Å². The van der Waals surface area contributed by atoms with Gasteiger partial charge in [0.15, 0.2) is 11.4 Å². The van der Waals surface area contributed by atoms with Crippen molar-refractivity contribution in [2.24, 2.45) is 16.6 Å². The van der Waals surface area contributed by atoms with Crippen LogP contribution in [0.2, 0.25) is 0 Å². The van der Waals surface area contributed by atoms with Crippen LogP contribution in [0, 0.1) is 5.92 Å². The minimum absolute atomic E-state index is 0.340. The zero-order valence-corrected chi connectivity index (χ0v) is 12.3. The second-order valence-corrected chi connectivity index (χ2v) is 5.70. The Kier molecular flexibility index (Phi) is 2.87. The van der Waals surface area contributed by atoms with E-state index in [-0.39, 0.29) is 0 Å². The molecule has 1 saturated carbocycles. The molecule has 1 aliphatic carbocycles. The molecule has 2 aromatic rings. The van der Waals surface area contributed by atoms with Crippen LogP contribution in [0.1, 0.15) is 18.6 Å². The number of hydrogen-bond donors (Lipinski definition) is 3. The number of rotatable bonds is 3. The van der Waals surface area contributed by atoms with Crippen LogP contribution in [-0.2, 0) is 5.66 Å². The maximum Gasteiger partial charge on any atom is 0.202 e. The van der Waals surface area contributed by atoms with Gasteiger partial charge in [0.05, 0.1) is 19.1 Å². The molecule has 0 radical (unpaired) electrons. The van der Waals surface area contributed by atoms with Gasteiger partial charge in [-0.1, -0.05) is 0 Å². The van der Waals surface area contributed by atoms with E-state index in [0.29, 0.717) is 11.9 Å². The van der Waals surface area contributed by atoms with E-state index in [1.54, 1.807) is 13.4 Å². The maximum atomic E-state index is 6.53. The SMILES string of the molecule is COc1ccc(NC2=NC(N)(C3CC3)c3occc3N2)cc1. The maximum absolute atomic E-state index is 6.53. The molecule has 1 fully saturated rings. The van der Waals surface area contributed by atoms with Gasteiger partial charge >= 0.3 is 0 Å². The minimum Gasteiger partial charge on any atom is -0.497 e. The predicted octanol–water partition coefficient (Wildman–Crippen LogP) is 2.70. The highest BCUT2D eigenvalue weighted by Gasteiger charge is 2.49.